The summed E-state index contributed by atoms with van der Waals surface area (Å²) in [5.74, 6) is 0. The molecule has 0 aliphatic carbocycles. The maximum Gasteiger partial charge on any atom is 0.125 e. The first-order chi connectivity index (χ1) is 5.12. The van der Waals surface area contributed by atoms with Crippen LogP contribution in [0.25, 0.3) is 0 Å². The number of rotatable bonds is 6. The van der Waals surface area contributed by atoms with Crippen LogP contribution in [0.2, 0.25) is 0 Å². The molecule has 0 N–H and O–H groups in total. The molecule has 64 valence electrons. The van der Waals surface area contributed by atoms with E-state index in [1.165, 1.54) is 0 Å². The van der Waals surface area contributed by atoms with Crippen LogP contribution in [-0.2, 0) is 4.79 Å². The molecule has 0 radical (unpaired) electrons. The van der Waals surface area contributed by atoms with Crippen molar-refractivity contribution in [3.63, 3.8) is 0 Å². The van der Waals surface area contributed by atoms with Gasteiger partial charge in [-0.25, -0.2) is 0 Å². The Morgan fingerprint density at radius 1 is 1.36 bits per heavy atom. The van der Waals surface area contributed by atoms with Crippen molar-refractivity contribution in [1.82, 2.24) is 0 Å². The van der Waals surface area contributed by atoms with Crippen LogP contribution >= 0.6 is 0 Å². The zero-order valence-electron chi connectivity index (χ0n) is 7.60. The molecule has 1 nitrogen and oxygen atoms in total. The van der Waals surface area contributed by atoms with Crippen LogP contribution in [0.4, 0.5) is 0 Å². The molecule has 0 aromatic heterocycles. The molecule has 0 aromatic carbocycles. The fourth-order valence-electron chi connectivity index (χ4n) is 0.928. The fourth-order valence-corrected chi connectivity index (χ4v) is 0.928. The van der Waals surface area contributed by atoms with E-state index in [1.54, 1.807) is 0 Å². The highest BCUT2D eigenvalue weighted by Crippen LogP contribution is 2.20. The lowest BCUT2D eigenvalue weighted by molar-refractivity contribution is -0.115. The third kappa shape index (κ3) is 5.84. The van der Waals surface area contributed by atoms with Crippen LogP contribution in [0.15, 0.2) is 12.7 Å². The normalized spacial score (nSPS) is 11.1. The topological polar surface area (TPSA) is 17.1 Å². The van der Waals surface area contributed by atoms with E-state index in [0.717, 1.165) is 32.0 Å². The van der Waals surface area contributed by atoms with Gasteiger partial charge in [-0.3, -0.25) is 0 Å². The molecular weight excluding hydrogens is 136 g/mol. The second-order valence-corrected chi connectivity index (χ2v) is 3.64. The molecule has 0 aliphatic rings. The number of unbranched alkanes of at least 4 members (excludes halogenated alkanes) is 2. The zero-order valence-corrected chi connectivity index (χ0v) is 7.60. The summed E-state index contributed by atoms with van der Waals surface area (Å²) in [5.41, 5.74) is -0.124. The van der Waals surface area contributed by atoms with Crippen LogP contribution in [0.5, 0.6) is 0 Å². The number of carbonyl (C=O) groups excluding carboxylic acids is 1. The summed E-state index contributed by atoms with van der Waals surface area (Å²) in [7, 11) is 0. The van der Waals surface area contributed by atoms with Crippen LogP contribution in [0, 0.1) is 5.41 Å². The molecule has 0 amide bonds. The molecule has 0 spiro atoms. The molecule has 1 heteroatoms. The summed E-state index contributed by atoms with van der Waals surface area (Å²) in [6, 6.07) is 0. The van der Waals surface area contributed by atoms with Crippen LogP contribution in [-0.4, -0.2) is 6.29 Å². The van der Waals surface area contributed by atoms with Gasteiger partial charge in [0, 0.05) is 5.41 Å². The molecule has 0 fully saturated rings. The van der Waals surface area contributed by atoms with Gasteiger partial charge >= 0.3 is 0 Å². The van der Waals surface area contributed by atoms with E-state index in [2.05, 4.69) is 6.58 Å². The third-order valence-corrected chi connectivity index (χ3v) is 1.80. The largest absolute Gasteiger partial charge is 0.303 e. The predicted octanol–water partition coefficient (Wildman–Crippen LogP) is 2.96. The summed E-state index contributed by atoms with van der Waals surface area (Å²) in [5, 5.41) is 0. The molecule has 0 saturated heterocycles. The molecular formula is C10H18O. The molecule has 0 aromatic rings. The van der Waals surface area contributed by atoms with Crippen molar-refractivity contribution in [2.24, 2.45) is 5.41 Å². The van der Waals surface area contributed by atoms with Crippen LogP contribution in [0.3, 0.4) is 0 Å². The number of hydrogen-bond donors (Lipinski definition) is 0. The van der Waals surface area contributed by atoms with E-state index < -0.39 is 0 Å². The Morgan fingerprint density at radius 2 is 2.00 bits per heavy atom. The third-order valence-electron chi connectivity index (χ3n) is 1.80. The highest BCUT2D eigenvalue weighted by Gasteiger charge is 2.14. The SMILES string of the molecule is C=CCCCCC(C)(C)C=O. The van der Waals surface area contributed by atoms with E-state index in [9.17, 15) is 4.79 Å². The maximum atomic E-state index is 10.5. The van der Waals surface area contributed by atoms with E-state index in [-0.39, 0.29) is 5.41 Å². The minimum atomic E-state index is -0.124. The van der Waals surface area contributed by atoms with E-state index in [0.29, 0.717) is 0 Å². The monoisotopic (exact) mass is 154 g/mol. The molecule has 11 heavy (non-hydrogen) atoms. The summed E-state index contributed by atoms with van der Waals surface area (Å²) in [6.07, 6.45) is 7.30. The van der Waals surface area contributed by atoms with Crippen molar-refractivity contribution in [2.45, 2.75) is 39.5 Å². The van der Waals surface area contributed by atoms with E-state index in [4.69, 9.17) is 0 Å². The summed E-state index contributed by atoms with van der Waals surface area (Å²) >= 11 is 0. The summed E-state index contributed by atoms with van der Waals surface area (Å²) in [4.78, 5) is 10.5. The Hall–Kier alpha value is -0.590. The van der Waals surface area contributed by atoms with Crippen LogP contribution in [0.1, 0.15) is 39.5 Å². The maximum absolute atomic E-state index is 10.5. The molecule has 0 saturated carbocycles. The van der Waals surface area contributed by atoms with Crippen LogP contribution < -0.4 is 0 Å². The molecule has 0 rings (SSSR count). The first-order valence-corrected chi connectivity index (χ1v) is 4.19. The highest BCUT2D eigenvalue weighted by molar-refractivity contribution is 5.57. The minimum Gasteiger partial charge on any atom is -0.303 e. The second-order valence-electron chi connectivity index (χ2n) is 3.64. The van der Waals surface area contributed by atoms with Gasteiger partial charge in [-0.15, -0.1) is 6.58 Å². The number of aldehydes is 1. The highest BCUT2D eigenvalue weighted by atomic mass is 16.1. The van der Waals surface area contributed by atoms with Crippen molar-refractivity contribution in [2.75, 3.05) is 0 Å². The van der Waals surface area contributed by atoms with E-state index in [1.807, 2.05) is 19.9 Å². The lowest BCUT2D eigenvalue weighted by atomic mass is 9.89. The first kappa shape index (κ1) is 10.4. The summed E-state index contributed by atoms with van der Waals surface area (Å²) < 4.78 is 0. The van der Waals surface area contributed by atoms with Crippen molar-refractivity contribution >= 4 is 6.29 Å². The predicted molar refractivity (Wildman–Crippen MR) is 48.5 cm³/mol. The Labute approximate surface area is 69.5 Å². The first-order valence-electron chi connectivity index (χ1n) is 4.19. The number of allylic oxidation sites excluding steroid dienone is 1. The van der Waals surface area contributed by atoms with Gasteiger partial charge in [0.25, 0.3) is 0 Å². The quantitative estimate of drug-likeness (QED) is 0.326. The molecule has 0 heterocycles. The van der Waals surface area contributed by atoms with Crippen molar-refractivity contribution in [3.8, 4) is 0 Å². The van der Waals surface area contributed by atoms with Gasteiger partial charge in [-0.1, -0.05) is 26.3 Å². The van der Waals surface area contributed by atoms with Crippen molar-refractivity contribution in [1.29, 1.82) is 0 Å². The lowest BCUT2D eigenvalue weighted by Gasteiger charge is -2.15. The minimum absolute atomic E-state index is 0.124. The summed E-state index contributed by atoms with van der Waals surface area (Å²) in [6.45, 7) is 7.61. The standard InChI is InChI=1S/C10H18O/c1-4-5-6-7-8-10(2,3)9-11/h4,9H,1,5-8H2,2-3H3. The van der Waals surface area contributed by atoms with Gasteiger partial charge in [0.2, 0.25) is 0 Å². The average molecular weight is 154 g/mol. The van der Waals surface area contributed by atoms with Crippen molar-refractivity contribution in [3.05, 3.63) is 12.7 Å². The van der Waals surface area contributed by atoms with Gasteiger partial charge in [-0.05, 0) is 19.3 Å². The smallest absolute Gasteiger partial charge is 0.125 e. The Kier molecular flexibility index (Phi) is 4.84. The second kappa shape index (κ2) is 5.11. The molecule has 0 unspecified atom stereocenters. The number of carbonyl (C=O) groups is 1. The molecule has 0 aliphatic heterocycles. The fraction of sp³-hybridized carbons (Fsp3) is 0.700. The van der Waals surface area contributed by atoms with Gasteiger partial charge < -0.3 is 4.79 Å². The van der Waals surface area contributed by atoms with Gasteiger partial charge in [-0.2, -0.15) is 0 Å². The molecule has 0 atom stereocenters. The van der Waals surface area contributed by atoms with Gasteiger partial charge in [0.1, 0.15) is 6.29 Å². The Morgan fingerprint density at radius 3 is 2.45 bits per heavy atom. The van der Waals surface area contributed by atoms with Gasteiger partial charge in [0.15, 0.2) is 0 Å². The average Bonchev–Trinajstić information content (AvgIpc) is 1.99. The lowest BCUT2D eigenvalue weighted by Crippen LogP contribution is -2.12. The van der Waals surface area contributed by atoms with Crippen molar-refractivity contribution < 1.29 is 4.79 Å². The Bertz CT molecular complexity index is 125. The Balaban J connectivity index is 3.37. The number of hydrogen-bond acceptors (Lipinski definition) is 1. The van der Waals surface area contributed by atoms with E-state index >= 15 is 0 Å². The zero-order chi connectivity index (χ0) is 8.74. The molecule has 0 bridgehead atoms. The van der Waals surface area contributed by atoms with Gasteiger partial charge in [0.05, 0.1) is 0 Å².